The minimum absolute atomic E-state index is 0.355. The van der Waals surface area contributed by atoms with Gasteiger partial charge in [-0.25, -0.2) is 0 Å². The van der Waals surface area contributed by atoms with Gasteiger partial charge in [-0.1, -0.05) is 12.1 Å². The van der Waals surface area contributed by atoms with Crippen LogP contribution in [0.4, 0.5) is 13.2 Å². The lowest BCUT2D eigenvalue weighted by atomic mass is 10.1. The standard InChI is InChI=1S/C14H12F3NO/c1-19-13-4-2-10(3-5-13)8-12-9-11(6-7-18-12)14(15,16)17/h2-7,9H,8H2,1H3. The maximum Gasteiger partial charge on any atom is 0.416 e. The van der Waals surface area contributed by atoms with E-state index in [0.717, 1.165) is 17.7 Å². The number of benzene rings is 1. The summed E-state index contributed by atoms with van der Waals surface area (Å²) < 4.78 is 42.7. The first-order valence-corrected chi connectivity index (χ1v) is 5.64. The summed E-state index contributed by atoms with van der Waals surface area (Å²) in [7, 11) is 1.56. The third kappa shape index (κ3) is 3.47. The average molecular weight is 267 g/mol. The molecule has 19 heavy (non-hydrogen) atoms. The van der Waals surface area contributed by atoms with E-state index in [0.29, 0.717) is 17.9 Å². The second kappa shape index (κ2) is 5.30. The van der Waals surface area contributed by atoms with Crippen LogP contribution < -0.4 is 4.74 Å². The second-order valence-corrected chi connectivity index (χ2v) is 4.06. The van der Waals surface area contributed by atoms with Gasteiger partial charge in [0.2, 0.25) is 0 Å². The van der Waals surface area contributed by atoms with E-state index in [1.165, 1.54) is 6.20 Å². The van der Waals surface area contributed by atoms with Crippen molar-refractivity contribution in [2.24, 2.45) is 0 Å². The number of pyridine rings is 1. The van der Waals surface area contributed by atoms with Crippen LogP contribution in [-0.4, -0.2) is 12.1 Å². The Hall–Kier alpha value is -2.04. The van der Waals surface area contributed by atoms with Gasteiger partial charge in [-0.3, -0.25) is 4.98 Å². The Kier molecular flexibility index (Phi) is 3.74. The second-order valence-electron chi connectivity index (χ2n) is 4.06. The number of hydrogen-bond donors (Lipinski definition) is 0. The Morgan fingerprint density at radius 3 is 2.37 bits per heavy atom. The van der Waals surface area contributed by atoms with Gasteiger partial charge in [0.25, 0.3) is 0 Å². The van der Waals surface area contributed by atoms with Crippen molar-refractivity contribution in [2.45, 2.75) is 12.6 Å². The minimum atomic E-state index is -4.34. The molecule has 0 aliphatic carbocycles. The van der Waals surface area contributed by atoms with Crippen LogP contribution >= 0.6 is 0 Å². The van der Waals surface area contributed by atoms with E-state index < -0.39 is 11.7 Å². The van der Waals surface area contributed by atoms with Gasteiger partial charge in [-0.2, -0.15) is 13.2 Å². The minimum Gasteiger partial charge on any atom is -0.497 e. The average Bonchev–Trinajstić information content (AvgIpc) is 2.39. The van der Waals surface area contributed by atoms with Crippen LogP contribution in [0.3, 0.4) is 0 Å². The molecule has 1 heterocycles. The summed E-state index contributed by atoms with van der Waals surface area (Å²) in [5.41, 5.74) is 0.596. The van der Waals surface area contributed by atoms with Crippen molar-refractivity contribution in [1.82, 2.24) is 4.98 Å². The monoisotopic (exact) mass is 267 g/mol. The molecule has 0 fully saturated rings. The van der Waals surface area contributed by atoms with Gasteiger partial charge in [0, 0.05) is 18.3 Å². The smallest absolute Gasteiger partial charge is 0.416 e. The Balaban J connectivity index is 2.18. The lowest BCUT2D eigenvalue weighted by molar-refractivity contribution is -0.137. The molecule has 0 atom stereocenters. The summed E-state index contributed by atoms with van der Waals surface area (Å²) in [5.74, 6) is 0.709. The van der Waals surface area contributed by atoms with Crippen LogP contribution in [0.2, 0.25) is 0 Å². The van der Waals surface area contributed by atoms with Gasteiger partial charge in [0.1, 0.15) is 5.75 Å². The van der Waals surface area contributed by atoms with Gasteiger partial charge in [0.05, 0.1) is 12.7 Å². The molecule has 2 rings (SSSR count). The molecule has 0 aliphatic rings. The number of halogens is 3. The number of nitrogens with zero attached hydrogens (tertiary/aromatic N) is 1. The van der Waals surface area contributed by atoms with Crippen LogP contribution in [0.15, 0.2) is 42.6 Å². The topological polar surface area (TPSA) is 22.1 Å². The van der Waals surface area contributed by atoms with Gasteiger partial charge >= 0.3 is 6.18 Å². The Morgan fingerprint density at radius 2 is 1.79 bits per heavy atom. The summed E-state index contributed by atoms with van der Waals surface area (Å²) >= 11 is 0. The molecule has 2 aromatic rings. The van der Waals surface area contributed by atoms with Gasteiger partial charge < -0.3 is 4.74 Å². The van der Waals surface area contributed by atoms with Crippen molar-refractivity contribution >= 4 is 0 Å². The molecule has 0 amide bonds. The zero-order valence-electron chi connectivity index (χ0n) is 10.2. The molecule has 2 nitrogen and oxygen atoms in total. The van der Waals surface area contributed by atoms with E-state index >= 15 is 0 Å². The highest BCUT2D eigenvalue weighted by molar-refractivity contribution is 5.30. The lowest BCUT2D eigenvalue weighted by Crippen LogP contribution is -2.06. The van der Waals surface area contributed by atoms with Crippen LogP contribution in [-0.2, 0) is 12.6 Å². The Morgan fingerprint density at radius 1 is 1.11 bits per heavy atom. The van der Waals surface area contributed by atoms with Crippen molar-refractivity contribution in [3.8, 4) is 5.75 Å². The van der Waals surface area contributed by atoms with E-state index in [1.54, 1.807) is 31.4 Å². The number of alkyl halides is 3. The molecule has 100 valence electrons. The molecule has 0 aliphatic heterocycles. The zero-order chi connectivity index (χ0) is 13.9. The van der Waals surface area contributed by atoms with E-state index in [9.17, 15) is 13.2 Å². The van der Waals surface area contributed by atoms with Gasteiger partial charge in [-0.15, -0.1) is 0 Å². The number of rotatable bonds is 3. The van der Waals surface area contributed by atoms with E-state index in [-0.39, 0.29) is 0 Å². The fourth-order valence-electron chi connectivity index (χ4n) is 1.70. The molecule has 1 aromatic carbocycles. The van der Waals surface area contributed by atoms with Crippen LogP contribution in [0.1, 0.15) is 16.8 Å². The third-order valence-corrected chi connectivity index (χ3v) is 2.69. The molecule has 0 bridgehead atoms. The predicted molar refractivity (Wildman–Crippen MR) is 65.0 cm³/mol. The zero-order valence-corrected chi connectivity index (χ0v) is 10.2. The van der Waals surface area contributed by atoms with Crippen LogP contribution in [0.25, 0.3) is 0 Å². The van der Waals surface area contributed by atoms with Gasteiger partial charge in [0.15, 0.2) is 0 Å². The third-order valence-electron chi connectivity index (χ3n) is 2.69. The molecule has 0 radical (unpaired) electrons. The summed E-state index contributed by atoms with van der Waals surface area (Å²) in [6.45, 7) is 0. The molecule has 5 heteroatoms. The number of methoxy groups -OCH3 is 1. The highest BCUT2D eigenvalue weighted by Crippen LogP contribution is 2.29. The molecule has 0 saturated heterocycles. The first kappa shape index (κ1) is 13.4. The van der Waals surface area contributed by atoms with E-state index in [2.05, 4.69) is 4.98 Å². The van der Waals surface area contributed by atoms with Crippen LogP contribution in [0.5, 0.6) is 5.75 Å². The summed E-state index contributed by atoms with van der Waals surface area (Å²) in [6, 6.07) is 9.19. The molecule has 1 aromatic heterocycles. The van der Waals surface area contributed by atoms with Crippen molar-refractivity contribution in [1.29, 1.82) is 0 Å². The maximum atomic E-state index is 12.6. The van der Waals surface area contributed by atoms with Crippen LogP contribution in [0, 0.1) is 0 Å². The molecule has 0 saturated carbocycles. The summed E-state index contributed by atoms with van der Waals surface area (Å²) in [4.78, 5) is 3.96. The lowest BCUT2D eigenvalue weighted by Gasteiger charge is -2.08. The number of ether oxygens (including phenoxy) is 1. The predicted octanol–water partition coefficient (Wildman–Crippen LogP) is 3.70. The normalized spacial score (nSPS) is 11.4. The largest absolute Gasteiger partial charge is 0.497 e. The SMILES string of the molecule is COc1ccc(Cc2cc(C(F)(F)F)ccn2)cc1. The maximum absolute atomic E-state index is 12.6. The van der Waals surface area contributed by atoms with E-state index in [1.807, 2.05) is 0 Å². The van der Waals surface area contributed by atoms with Crippen molar-refractivity contribution in [2.75, 3.05) is 7.11 Å². The fraction of sp³-hybridized carbons (Fsp3) is 0.214. The Labute approximate surface area is 108 Å². The van der Waals surface area contributed by atoms with Gasteiger partial charge in [-0.05, 0) is 29.8 Å². The molecule has 0 spiro atoms. The quantitative estimate of drug-likeness (QED) is 0.846. The van der Waals surface area contributed by atoms with Crippen molar-refractivity contribution in [3.63, 3.8) is 0 Å². The Bertz CT molecular complexity index is 549. The van der Waals surface area contributed by atoms with Crippen molar-refractivity contribution < 1.29 is 17.9 Å². The highest BCUT2D eigenvalue weighted by Gasteiger charge is 2.30. The first-order chi connectivity index (χ1) is 8.99. The summed E-state index contributed by atoms with van der Waals surface area (Å²) in [6.07, 6.45) is -2.80. The number of hydrogen-bond acceptors (Lipinski definition) is 2. The van der Waals surface area contributed by atoms with E-state index in [4.69, 9.17) is 4.74 Å². The molecule has 0 N–H and O–H groups in total. The summed E-state index contributed by atoms with van der Waals surface area (Å²) in [5, 5.41) is 0. The number of aromatic nitrogens is 1. The highest BCUT2D eigenvalue weighted by atomic mass is 19.4. The molecular formula is C14H12F3NO. The molecular weight excluding hydrogens is 255 g/mol. The van der Waals surface area contributed by atoms with Crippen molar-refractivity contribution in [3.05, 3.63) is 59.4 Å². The molecule has 0 unspecified atom stereocenters. The first-order valence-electron chi connectivity index (χ1n) is 5.64. The fourth-order valence-corrected chi connectivity index (χ4v) is 1.70.